The Morgan fingerprint density at radius 2 is 1.88 bits per heavy atom. The zero-order chi connectivity index (χ0) is 16.9. The largest absolute Gasteiger partial charge is 0.480 e. The minimum atomic E-state index is -0.726. The maximum atomic E-state index is 10.9. The molecule has 4 nitrogen and oxygen atoms in total. The van der Waals surface area contributed by atoms with Gasteiger partial charge in [-0.25, -0.2) is 0 Å². The van der Waals surface area contributed by atoms with Gasteiger partial charge in [-0.1, -0.05) is 44.0 Å². The molecule has 0 saturated heterocycles. The summed E-state index contributed by atoms with van der Waals surface area (Å²) >= 11 is 0. The average Bonchev–Trinajstić information content (AvgIpc) is 3.06. The van der Waals surface area contributed by atoms with Crippen LogP contribution in [0.2, 0.25) is 0 Å². The van der Waals surface area contributed by atoms with Crippen LogP contribution in [0.5, 0.6) is 0 Å². The third kappa shape index (κ3) is 4.37. The Bertz CT molecular complexity index is 531. The number of hydrogen-bond donors (Lipinski definition) is 2. The predicted molar refractivity (Wildman–Crippen MR) is 96.2 cm³/mol. The Morgan fingerprint density at radius 1 is 1.21 bits per heavy atom. The van der Waals surface area contributed by atoms with Crippen LogP contribution in [-0.2, 0) is 11.3 Å². The van der Waals surface area contributed by atoms with Crippen LogP contribution in [0.25, 0.3) is 0 Å². The molecule has 0 amide bonds. The molecule has 4 heteroatoms. The molecule has 0 spiro atoms. The fourth-order valence-corrected chi connectivity index (χ4v) is 4.15. The first-order valence-electron chi connectivity index (χ1n) is 9.43. The zero-order valence-corrected chi connectivity index (χ0v) is 14.7. The highest BCUT2D eigenvalue weighted by atomic mass is 16.4. The lowest BCUT2D eigenvalue weighted by molar-refractivity contribution is -0.139. The van der Waals surface area contributed by atoms with Crippen molar-refractivity contribution in [3.63, 3.8) is 0 Å². The normalized spacial score (nSPS) is 24.2. The van der Waals surface area contributed by atoms with E-state index in [9.17, 15) is 4.79 Å². The van der Waals surface area contributed by atoms with E-state index in [1.807, 2.05) is 6.92 Å². The highest BCUT2D eigenvalue weighted by Crippen LogP contribution is 2.34. The molecule has 0 bridgehead atoms. The van der Waals surface area contributed by atoms with Crippen molar-refractivity contribution in [1.29, 1.82) is 0 Å². The number of carboxylic acids is 1. The van der Waals surface area contributed by atoms with Crippen molar-refractivity contribution in [2.75, 3.05) is 13.1 Å². The Labute approximate surface area is 145 Å². The lowest BCUT2D eigenvalue weighted by Crippen LogP contribution is -2.53. The monoisotopic (exact) mass is 330 g/mol. The summed E-state index contributed by atoms with van der Waals surface area (Å²) in [5.41, 5.74) is 2.85. The Kier molecular flexibility index (Phi) is 5.90. The summed E-state index contributed by atoms with van der Waals surface area (Å²) in [4.78, 5) is 12.9. The smallest absolute Gasteiger partial charge is 0.317 e. The van der Waals surface area contributed by atoms with Crippen molar-refractivity contribution in [2.24, 2.45) is 0 Å². The number of likely N-dealkylation sites (N-methyl/N-ethyl adjacent to an activating group) is 1. The first-order valence-corrected chi connectivity index (χ1v) is 9.43. The van der Waals surface area contributed by atoms with Crippen LogP contribution in [0.15, 0.2) is 24.3 Å². The second-order valence-corrected chi connectivity index (χ2v) is 7.38. The number of aliphatic carboxylic acids is 1. The number of benzene rings is 1. The number of rotatable bonds is 8. The summed E-state index contributed by atoms with van der Waals surface area (Å²) in [5.74, 6) is 0.0595. The Balaban J connectivity index is 1.40. The number of nitrogens with zero attached hydrogens (tertiary/aromatic N) is 1. The van der Waals surface area contributed by atoms with Crippen molar-refractivity contribution in [3.8, 4) is 0 Å². The van der Waals surface area contributed by atoms with Crippen LogP contribution >= 0.6 is 0 Å². The van der Waals surface area contributed by atoms with E-state index in [0.717, 1.165) is 31.8 Å². The number of nitrogens with one attached hydrogen (secondary N) is 1. The van der Waals surface area contributed by atoms with E-state index in [1.165, 1.54) is 36.8 Å². The van der Waals surface area contributed by atoms with Gasteiger partial charge in [-0.05, 0) is 49.3 Å². The molecule has 2 saturated carbocycles. The first-order chi connectivity index (χ1) is 11.7. The summed E-state index contributed by atoms with van der Waals surface area (Å²) in [7, 11) is 0. The third-order valence-electron chi connectivity index (χ3n) is 5.78. The van der Waals surface area contributed by atoms with Gasteiger partial charge in [0, 0.05) is 18.6 Å². The van der Waals surface area contributed by atoms with E-state index in [0.29, 0.717) is 12.1 Å². The van der Waals surface area contributed by atoms with Crippen molar-refractivity contribution in [2.45, 2.75) is 70.0 Å². The third-order valence-corrected chi connectivity index (χ3v) is 5.78. The fraction of sp³-hybridized carbons (Fsp3) is 0.650. The van der Waals surface area contributed by atoms with E-state index in [2.05, 4.69) is 34.5 Å². The molecular formula is C20H30N2O2. The fourth-order valence-electron chi connectivity index (χ4n) is 4.15. The van der Waals surface area contributed by atoms with Gasteiger partial charge in [0.25, 0.3) is 0 Å². The van der Waals surface area contributed by atoms with Crippen LogP contribution in [0.3, 0.4) is 0 Å². The lowest BCUT2D eigenvalue weighted by Gasteiger charge is -2.42. The van der Waals surface area contributed by atoms with Gasteiger partial charge in [-0.2, -0.15) is 0 Å². The average molecular weight is 330 g/mol. The van der Waals surface area contributed by atoms with Gasteiger partial charge in [0.2, 0.25) is 0 Å². The molecule has 0 atom stereocenters. The number of hydrogen-bond acceptors (Lipinski definition) is 3. The second-order valence-electron chi connectivity index (χ2n) is 7.38. The van der Waals surface area contributed by atoms with Crippen LogP contribution in [-0.4, -0.2) is 41.1 Å². The zero-order valence-electron chi connectivity index (χ0n) is 14.7. The summed E-state index contributed by atoms with van der Waals surface area (Å²) < 4.78 is 0. The van der Waals surface area contributed by atoms with E-state index in [-0.39, 0.29) is 6.54 Å². The molecule has 24 heavy (non-hydrogen) atoms. The molecule has 0 aromatic heterocycles. The molecule has 2 fully saturated rings. The molecule has 0 unspecified atom stereocenters. The van der Waals surface area contributed by atoms with E-state index in [1.54, 1.807) is 0 Å². The van der Waals surface area contributed by atoms with Crippen LogP contribution < -0.4 is 5.32 Å². The van der Waals surface area contributed by atoms with E-state index in [4.69, 9.17) is 5.11 Å². The molecule has 2 aliphatic rings. The molecule has 1 aromatic carbocycles. The highest BCUT2D eigenvalue weighted by molar-refractivity contribution is 5.69. The van der Waals surface area contributed by atoms with Gasteiger partial charge in [0.1, 0.15) is 0 Å². The quantitative estimate of drug-likeness (QED) is 0.767. The van der Waals surface area contributed by atoms with Crippen molar-refractivity contribution < 1.29 is 9.90 Å². The summed E-state index contributed by atoms with van der Waals surface area (Å²) in [6, 6.07) is 10.1. The maximum Gasteiger partial charge on any atom is 0.317 e. The van der Waals surface area contributed by atoms with Gasteiger partial charge in [-0.3, -0.25) is 9.69 Å². The predicted octanol–water partition coefficient (Wildman–Crippen LogP) is 3.37. The molecule has 0 radical (unpaired) electrons. The summed E-state index contributed by atoms with van der Waals surface area (Å²) in [6.07, 6.45) is 7.58. The van der Waals surface area contributed by atoms with Crippen molar-refractivity contribution in [1.82, 2.24) is 10.2 Å². The molecule has 3 rings (SSSR count). The maximum absolute atomic E-state index is 10.9. The van der Waals surface area contributed by atoms with E-state index < -0.39 is 5.97 Å². The minimum Gasteiger partial charge on any atom is -0.480 e. The molecule has 132 valence electrons. The number of carboxylic acid groups (broad SMARTS) is 1. The molecule has 2 aliphatic carbocycles. The van der Waals surface area contributed by atoms with Crippen molar-refractivity contribution >= 4 is 5.97 Å². The van der Waals surface area contributed by atoms with Gasteiger partial charge >= 0.3 is 5.97 Å². The summed E-state index contributed by atoms with van der Waals surface area (Å²) in [5, 5.41) is 12.6. The lowest BCUT2D eigenvalue weighted by atomic mass is 9.85. The molecule has 2 N–H and O–H groups in total. The first kappa shape index (κ1) is 17.4. The number of carbonyl (C=O) groups is 1. The molecular weight excluding hydrogens is 300 g/mol. The van der Waals surface area contributed by atoms with Crippen LogP contribution in [0.4, 0.5) is 0 Å². The van der Waals surface area contributed by atoms with Gasteiger partial charge < -0.3 is 10.4 Å². The topological polar surface area (TPSA) is 52.6 Å². The SMILES string of the molecule is CCN(CC(=O)O)C1CC(NCc2ccc(C3CCCC3)cc2)C1. The van der Waals surface area contributed by atoms with Crippen LogP contribution in [0.1, 0.15) is 62.5 Å². The molecule has 1 aromatic rings. The molecule has 0 heterocycles. The van der Waals surface area contributed by atoms with Gasteiger partial charge in [-0.15, -0.1) is 0 Å². The minimum absolute atomic E-state index is 0.163. The summed E-state index contributed by atoms with van der Waals surface area (Å²) in [6.45, 7) is 3.92. The standard InChI is InChI=1S/C20H30N2O2/c1-2-22(14-20(23)24)19-11-18(12-19)21-13-15-7-9-17(10-8-15)16-5-3-4-6-16/h7-10,16,18-19,21H,2-6,11-14H2,1H3,(H,23,24). The Hall–Kier alpha value is -1.39. The van der Waals surface area contributed by atoms with Crippen molar-refractivity contribution in [3.05, 3.63) is 35.4 Å². The van der Waals surface area contributed by atoms with E-state index >= 15 is 0 Å². The molecule has 0 aliphatic heterocycles. The second kappa shape index (κ2) is 8.13. The highest BCUT2D eigenvalue weighted by Gasteiger charge is 2.33. The van der Waals surface area contributed by atoms with Gasteiger partial charge in [0.05, 0.1) is 6.54 Å². The van der Waals surface area contributed by atoms with Gasteiger partial charge in [0.15, 0.2) is 0 Å². The Morgan fingerprint density at radius 3 is 2.46 bits per heavy atom. The van der Waals surface area contributed by atoms with Crippen LogP contribution in [0, 0.1) is 0 Å².